The number of amides is 1. The van der Waals surface area contributed by atoms with E-state index in [1.54, 1.807) is 4.90 Å². The summed E-state index contributed by atoms with van der Waals surface area (Å²) in [6, 6.07) is 2.30. The van der Waals surface area contributed by atoms with Crippen LogP contribution in [-0.4, -0.2) is 38.9 Å². The van der Waals surface area contributed by atoms with Gasteiger partial charge in [0.2, 0.25) is 0 Å². The van der Waals surface area contributed by atoms with Gasteiger partial charge in [-0.2, -0.15) is 0 Å². The lowest BCUT2D eigenvalue weighted by molar-refractivity contribution is -0.132. The van der Waals surface area contributed by atoms with Gasteiger partial charge in [-0.25, -0.2) is 8.42 Å². The molecular weight excluding hydrogens is 361 g/mol. The average molecular weight is 375 g/mol. The first-order chi connectivity index (χ1) is 9.70. The summed E-state index contributed by atoms with van der Waals surface area (Å²) in [4.78, 5) is 13.1. The van der Waals surface area contributed by atoms with Crippen molar-refractivity contribution < 1.29 is 17.9 Å². The number of carbonyl (C=O) groups is 1. The molecule has 0 atom stereocenters. The molecule has 0 aromatic heterocycles. The Morgan fingerprint density at radius 1 is 1.19 bits per heavy atom. The van der Waals surface area contributed by atoms with Crippen molar-refractivity contribution in [1.29, 1.82) is 0 Å². The lowest BCUT2D eigenvalue weighted by Gasteiger charge is -2.19. The molecule has 0 unspecified atom stereocenters. The number of rotatable bonds is 6. The second-order valence-electron chi connectivity index (χ2n) is 4.01. The van der Waals surface area contributed by atoms with E-state index in [4.69, 9.17) is 38.6 Å². The first-order valence-corrected chi connectivity index (χ1v) is 9.11. The van der Waals surface area contributed by atoms with E-state index in [2.05, 4.69) is 0 Å². The van der Waals surface area contributed by atoms with Crippen LogP contribution in [0.25, 0.3) is 0 Å². The van der Waals surface area contributed by atoms with Gasteiger partial charge in [-0.05, 0) is 19.9 Å². The average Bonchev–Trinajstić information content (AvgIpc) is 2.39. The van der Waals surface area contributed by atoms with Crippen LogP contribution in [0.15, 0.2) is 17.0 Å². The van der Waals surface area contributed by atoms with Crippen LogP contribution in [0.3, 0.4) is 0 Å². The minimum absolute atomic E-state index is 0.00553. The van der Waals surface area contributed by atoms with Crippen LogP contribution in [0, 0.1) is 0 Å². The Balaban J connectivity index is 2.92. The van der Waals surface area contributed by atoms with Crippen molar-refractivity contribution in [2.75, 3.05) is 19.7 Å². The molecule has 0 aliphatic heterocycles. The Hall–Kier alpha value is -0.690. The van der Waals surface area contributed by atoms with Crippen LogP contribution in [-0.2, 0) is 13.8 Å². The molecule has 0 N–H and O–H groups in total. The largest absolute Gasteiger partial charge is 0.482 e. The van der Waals surface area contributed by atoms with Crippen LogP contribution < -0.4 is 4.74 Å². The van der Waals surface area contributed by atoms with Gasteiger partial charge in [0.15, 0.2) is 6.61 Å². The molecule has 0 saturated heterocycles. The van der Waals surface area contributed by atoms with E-state index in [-0.39, 0.29) is 33.2 Å². The molecule has 0 bridgehead atoms. The fourth-order valence-corrected chi connectivity index (χ4v) is 3.41. The Kier molecular flexibility index (Phi) is 6.59. The summed E-state index contributed by atoms with van der Waals surface area (Å²) >= 11 is 11.7. The summed E-state index contributed by atoms with van der Waals surface area (Å²) in [5.74, 6) is -0.0903. The van der Waals surface area contributed by atoms with Gasteiger partial charge in [-0.1, -0.05) is 23.2 Å². The minimum atomic E-state index is -4.00. The molecule has 0 fully saturated rings. The molecule has 9 heteroatoms. The predicted molar refractivity (Wildman–Crippen MR) is 82.9 cm³/mol. The quantitative estimate of drug-likeness (QED) is 0.717. The van der Waals surface area contributed by atoms with Gasteiger partial charge in [0, 0.05) is 29.8 Å². The van der Waals surface area contributed by atoms with E-state index < -0.39 is 9.05 Å². The first kappa shape index (κ1) is 18.4. The number of benzene rings is 1. The van der Waals surface area contributed by atoms with E-state index in [1.807, 2.05) is 13.8 Å². The summed E-state index contributed by atoms with van der Waals surface area (Å²) in [5, 5.41) is -0.120. The number of nitrogens with zero attached hydrogens (tertiary/aromatic N) is 1. The van der Waals surface area contributed by atoms with Crippen LogP contribution >= 0.6 is 33.9 Å². The fourth-order valence-electron chi connectivity index (χ4n) is 1.61. The van der Waals surface area contributed by atoms with Crippen molar-refractivity contribution >= 4 is 48.8 Å². The fraction of sp³-hybridized carbons (Fsp3) is 0.417. The zero-order chi connectivity index (χ0) is 16.2. The molecule has 0 heterocycles. The van der Waals surface area contributed by atoms with Gasteiger partial charge in [-0.3, -0.25) is 4.79 Å². The SMILES string of the molecule is CCN(CC)C(=O)COc1cc(Cl)c(S(=O)(=O)Cl)cc1Cl. The summed E-state index contributed by atoms with van der Waals surface area (Å²) < 4.78 is 27.8. The van der Waals surface area contributed by atoms with Gasteiger partial charge in [-0.15, -0.1) is 0 Å². The number of likely N-dealkylation sites (N-methyl/N-ethyl adjacent to an activating group) is 1. The summed E-state index contributed by atoms with van der Waals surface area (Å²) in [5.41, 5.74) is 0. The van der Waals surface area contributed by atoms with Crippen molar-refractivity contribution in [3.05, 3.63) is 22.2 Å². The van der Waals surface area contributed by atoms with Crippen LogP contribution in [0.5, 0.6) is 5.75 Å². The van der Waals surface area contributed by atoms with Crippen molar-refractivity contribution in [3.8, 4) is 5.75 Å². The Morgan fingerprint density at radius 3 is 2.24 bits per heavy atom. The topological polar surface area (TPSA) is 63.7 Å². The number of ether oxygens (including phenoxy) is 1. The van der Waals surface area contributed by atoms with Crippen molar-refractivity contribution in [2.24, 2.45) is 0 Å². The zero-order valence-corrected chi connectivity index (χ0v) is 14.5. The third kappa shape index (κ3) is 4.92. The van der Waals surface area contributed by atoms with Gasteiger partial charge in [0.25, 0.3) is 15.0 Å². The van der Waals surface area contributed by atoms with Crippen LogP contribution in [0.1, 0.15) is 13.8 Å². The zero-order valence-electron chi connectivity index (χ0n) is 11.4. The molecule has 0 radical (unpaired) electrons. The molecule has 0 aliphatic carbocycles. The van der Waals surface area contributed by atoms with Crippen molar-refractivity contribution in [1.82, 2.24) is 4.90 Å². The third-order valence-electron chi connectivity index (χ3n) is 2.72. The van der Waals surface area contributed by atoms with Crippen molar-refractivity contribution in [2.45, 2.75) is 18.7 Å². The van der Waals surface area contributed by atoms with E-state index in [0.29, 0.717) is 13.1 Å². The monoisotopic (exact) mass is 373 g/mol. The lowest BCUT2D eigenvalue weighted by Crippen LogP contribution is -2.34. The molecule has 1 rings (SSSR count). The highest BCUT2D eigenvalue weighted by atomic mass is 35.7. The standard InChI is InChI=1S/C12H14Cl3NO4S/c1-3-16(4-2)12(17)7-20-10-5-9(14)11(6-8(10)13)21(15,18)19/h5-6H,3-4,7H2,1-2H3. The van der Waals surface area contributed by atoms with Gasteiger partial charge >= 0.3 is 0 Å². The normalized spacial score (nSPS) is 11.3. The van der Waals surface area contributed by atoms with E-state index in [0.717, 1.165) is 6.07 Å². The smallest absolute Gasteiger partial charge is 0.262 e. The van der Waals surface area contributed by atoms with E-state index in [9.17, 15) is 13.2 Å². The molecule has 1 aromatic rings. The maximum absolute atomic E-state index is 11.8. The highest BCUT2D eigenvalue weighted by molar-refractivity contribution is 8.13. The van der Waals surface area contributed by atoms with Gasteiger partial charge < -0.3 is 9.64 Å². The van der Waals surface area contributed by atoms with Crippen LogP contribution in [0.2, 0.25) is 10.0 Å². The number of hydrogen-bond acceptors (Lipinski definition) is 4. The molecule has 1 aromatic carbocycles. The first-order valence-electron chi connectivity index (χ1n) is 6.05. The second-order valence-corrected chi connectivity index (χ2v) is 7.35. The molecule has 0 aliphatic rings. The second kappa shape index (κ2) is 7.54. The maximum atomic E-state index is 11.8. The highest BCUT2D eigenvalue weighted by Crippen LogP contribution is 2.34. The van der Waals surface area contributed by atoms with Crippen LogP contribution in [0.4, 0.5) is 0 Å². The summed E-state index contributed by atoms with van der Waals surface area (Å²) in [7, 11) is 1.22. The number of hydrogen-bond donors (Lipinski definition) is 0. The minimum Gasteiger partial charge on any atom is -0.482 e. The predicted octanol–water partition coefficient (Wildman–Crippen LogP) is 3.17. The molecule has 118 valence electrons. The lowest BCUT2D eigenvalue weighted by atomic mass is 10.3. The Morgan fingerprint density at radius 2 is 1.76 bits per heavy atom. The van der Waals surface area contributed by atoms with Crippen molar-refractivity contribution in [3.63, 3.8) is 0 Å². The molecule has 0 spiro atoms. The highest BCUT2D eigenvalue weighted by Gasteiger charge is 2.19. The number of carbonyl (C=O) groups excluding carboxylic acids is 1. The van der Waals surface area contributed by atoms with E-state index >= 15 is 0 Å². The Bertz CT molecular complexity index is 630. The van der Waals surface area contributed by atoms with Gasteiger partial charge in [0.05, 0.1) is 10.0 Å². The molecule has 1 amide bonds. The molecule has 5 nitrogen and oxygen atoms in total. The third-order valence-corrected chi connectivity index (χ3v) is 4.80. The molecular formula is C12H14Cl3NO4S. The Labute approximate surface area is 138 Å². The molecule has 0 saturated carbocycles. The molecule has 21 heavy (non-hydrogen) atoms. The summed E-state index contributed by atoms with van der Waals surface area (Å²) in [6.45, 7) is 4.62. The van der Waals surface area contributed by atoms with E-state index in [1.165, 1.54) is 6.07 Å². The van der Waals surface area contributed by atoms with Gasteiger partial charge in [0.1, 0.15) is 10.6 Å². The maximum Gasteiger partial charge on any atom is 0.262 e. The number of halogens is 3. The summed E-state index contributed by atoms with van der Waals surface area (Å²) in [6.07, 6.45) is 0.